The number of aromatic nitrogens is 3. The van der Waals surface area contributed by atoms with Crippen molar-refractivity contribution >= 4 is 11.5 Å². The largest absolute Gasteiger partial charge is 0.309 e. The number of nitrogens with one attached hydrogen (secondary N) is 1. The third-order valence-corrected chi connectivity index (χ3v) is 3.14. The highest BCUT2D eigenvalue weighted by atomic mass is 32.1. The minimum atomic E-state index is 0.299. The van der Waals surface area contributed by atoms with Crippen molar-refractivity contribution < 1.29 is 0 Å². The van der Waals surface area contributed by atoms with Gasteiger partial charge in [0.25, 0.3) is 0 Å². The molecule has 2 aromatic rings. The van der Waals surface area contributed by atoms with E-state index in [2.05, 4.69) is 26.8 Å². The van der Waals surface area contributed by atoms with Gasteiger partial charge in [0.05, 0.1) is 11.1 Å². The Balaban J connectivity index is 2.09. The van der Waals surface area contributed by atoms with Crippen molar-refractivity contribution in [2.75, 3.05) is 6.54 Å². The smallest absolute Gasteiger partial charge is 0.0669 e. The maximum Gasteiger partial charge on any atom is 0.0669 e. The predicted molar refractivity (Wildman–Crippen MR) is 64.3 cm³/mol. The summed E-state index contributed by atoms with van der Waals surface area (Å²) in [5, 5.41) is 7.33. The summed E-state index contributed by atoms with van der Waals surface area (Å²) in [7, 11) is 0. The minimum Gasteiger partial charge on any atom is -0.309 e. The molecule has 16 heavy (non-hydrogen) atoms. The first-order valence-electron chi connectivity index (χ1n) is 5.29. The zero-order valence-corrected chi connectivity index (χ0v) is 9.94. The van der Waals surface area contributed by atoms with E-state index in [9.17, 15) is 0 Å². The van der Waals surface area contributed by atoms with Gasteiger partial charge in [-0.2, -0.15) is 0 Å². The van der Waals surface area contributed by atoms with E-state index in [4.69, 9.17) is 0 Å². The van der Waals surface area contributed by atoms with Crippen molar-refractivity contribution in [2.24, 2.45) is 0 Å². The zero-order chi connectivity index (χ0) is 11.2. The van der Waals surface area contributed by atoms with Gasteiger partial charge < -0.3 is 5.32 Å². The molecule has 1 atom stereocenters. The van der Waals surface area contributed by atoms with Gasteiger partial charge in [-0.1, -0.05) is 11.4 Å². The SMILES string of the molecule is CCNC(Cc1ccncc1)c1cnns1. The Morgan fingerprint density at radius 1 is 1.38 bits per heavy atom. The van der Waals surface area contributed by atoms with E-state index >= 15 is 0 Å². The molecular formula is C11H14N4S. The van der Waals surface area contributed by atoms with Gasteiger partial charge >= 0.3 is 0 Å². The van der Waals surface area contributed by atoms with E-state index < -0.39 is 0 Å². The van der Waals surface area contributed by atoms with Crippen molar-refractivity contribution in [1.82, 2.24) is 19.9 Å². The molecule has 0 saturated carbocycles. The van der Waals surface area contributed by atoms with E-state index in [1.807, 2.05) is 30.7 Å². The molecule has 2 rings (SSSR count). The van der Waals surface area contributed by atoms with Gasteiger partial charge in [-0.25, -0.2) is 0 Å². The summed E-state index contributed by atoms with van der Waals surface area (Å²) >= 11 is 1.45. The van der Waals surface area contributed by atoms with Crippen LogP contribution in [0.15, 0.2) is 30.7 Å². The van der Waals surface area contributed by atoms with E-state index in [0.29, 0.717) is 6.04 Å². The Hall–Kier alpha value is -1.33. The summed E-state index contributed by atoms with van der Waals surface area (Å²) in [5.41, 5.74) is 1.27. The second kappa shape index (κ2) is 5.67. The van der Waals surface area contributed by atoms with E-state index in [0.717, 1.165) is 13.0 Å². The summed E-state index contributed by atoms with van der Waals surface area (Å²) in [4.78, 5) is 5.20. The molecule has 0 saturated heterocycles. The second-order valence-corrected chi connectivity index (χ2v) is 4.31. The Labute approximate surface area is 98.9 Å². The van der Waals surface area contributed by atoms with Crippen molar-refractivity contribution in [1.29, 1.82) is 0 Å². The van der Waals surface area contributed by atoms with Crippen molar-refractivity contribution in [3.63, 3.8) is 0 Å². The van der Waals surface area contributed by atoms with Crippen molar-refractivity contribution in [3.8, 4) is 0 Å². The van der Waals surface area contributed by atoms with Gasteiger partial charge in [-0.05, 0) is 42.2 Å². The third kappa shape index (κ3) is 2.84. The zero-order valence-electron chi connectivity index (χ0n) is 9.13. The summed E-state index contributed by atoms with van der Waals surface area (Å²) in [6.45, 7) is 3.04. The standard InChI is InChI=1S/C11H14N4S/c1-2-13-10(11-8-14-15-16-11)7-9-3-5-12-6-4-9/h3-6,8,10,13H,2,7H2,1H3. The number of pyridine rings is 1. The van der Waals surface area contributed by atoms with Crippen LogP contribution in [0.3, 0.4) is 0 Å². The topological polar surface area (TPSA) is 50.7 Å². The lowest BCUT2D eigenvalue weighted by molar-refractivity contribution is 0.557. The molecule has 0 aromatic carbocycles. The highest BCUT2D eigenvalue weighted by Gasteiger charge is 2.13. The highest BCUT2D eigenvalue weighted by molar-refractivity contribution is 7.05. The normalized spacial score (nSPS) is 12.6. The Kier molecular flexibility index (Phi) is 3.96. The monoisotopic (exact) mass is 234 g/mol. The van der Waals surface area contributed by atoms with Crippen molar-refractivity contribution in [3.05, 3.63) is 41.2 Å². The average molecular weight is 234 g/mol. The molecular weight excluding hydrogens is 220 g/mol. The lowest BCUT2D eigenvalue weighted by atomic mass is 10.1. The number of nitrogens with zero attached hydrogens (tertiary/aromatic N) is 3. The fourth-order valence-electron chi connectivity index (χ4n) is 1.60. The van der Waals surface area contributed by atoms with Crippen LogP contribution >= 0.6 is 11.5 Å². The molecule has 0 aliphatic rings. The van der Waals surface area contributed by atoms with Crippen LogP contribution in [-0.4, -0.2) is 21.1 Å². The van der Waals surface area contributed by atoms with Crippen LogP contribution in [0, 0.1) is 0 Å². The second-order valence-electron chi connectivity index (χ2n) is 3.49. The van der Waals surface area contributed by atoms with Gasteiger partial charge in [0.2, 0.25) is 0 Å². The maximum absolute atomic E-state index is 4.02. The molecule has 0 radical (unpaired) electrons. The van der Waals surface area contributed by atoms with E-state index in [1.165, 1.54) is 22.0 Å². The Bertz CT molecular complexity index is 401. The molecule has 0 fully saturated rings. The molecule has 0 bridgehead atoms. The number of hydrogen-bond donors (Lipinski definition) is 1. The van der Waals surface area contributed by atoms with Crippen LogP contribution < -0.4 is 5.32 Å². The Morgan fingerprint density at radius 2 is 2.19 bits per heavy atom. The van der Waals surface area contributed by atoms with Crippen molar-refractivity contribution in [2.45, 2.75) is 19.4 Å². The molecule has 0 spiro atoms. The van der Waals surface area contributed by atoms with Crippen LogP contribution in [0.4, 0.5) is 0 Å². The van der Waals surface area contributed by atoms with Crippen LogP contribution in [0.5, 0.6) is 0 Å². The molecule has 4 nitrogen and oxygen atoms in total. The van der Waals surface area contributed by atoms with Crippen LogP contribution in [0.2, 0.25) is 0 Å². The fraction of sp³-hybridized carbons (Fsp3) is 0.364. The first-order chi connectivity index (χ1) is 7.90. The van der Waals surface area contributed by atoms with Gasteiger partial charge in [-0.15, -0.1) is 5.10 Å². The summed E-state index contributed by atoms with van der Waals surface area (Å²) in [6, 6.07) is 4.38. The molecule has 1 unspecified atom stereocenters. The average Bonchev–Trinajstić information content (AvgIpc) is 2.83. The number of hydrogen-bond acceptors (Lipinski definition) is 5. The van der Waals surface area contributed by atoms with Gasteiger partial charge in [-0.3, -0.25) is 4.98 Å². The van der Waals surface area contributed by atoms with Crippen LogP contribution in [-0.2, 0) is 6.42 Å². The summed E-state index contributed by atoms with van der Waals surface area (Å²) < 4.78 is 3.91. The van der Waals surface area contributed by atoms with Crippen LogP contribution in [0.1, 0.15) is 23.4 Å². The molecule has 2 heterocycles. The first-order valence-corrected chi connectivity index (χ1v) is 6.07. The van der Waals surface area contributed by atoms with Gasteiger partial charge in [0, 0.05) is 18.4 Å². The Morgan fingerprint density at radius 3 is 2.81 bits per heavy atom. The molecule has 1 N–H and O–H groups in total. The minimum absolute atomic E-state index is 0.299. The summed E-state index contributed by atoms with van der Waals surface area (Å²) in [5.74, 6) is 0. The lowest BCUT2D eigenvalue weighted by Crippen LogP contribution is -2.22. The van der Waals surface area contributed by atoms with Gasteiger partial charge in [0.15, 0.2) is 0 Å². The predicted octanol–water partition coefficient (Wildman–Crippen LogP) is 1.83. The third-order valence-electron chi connectivity index (χ3n) is 2.36. The molecule has 5 heteroatoms. The molecule has 84 valence electrons. The molecule has 0 aliphatic carbocycles. The maximum atomic E-state index is 4.02. The number of likely N-dealkylation sites (N-methyl/N-ethyl adjacent to an activating group) is 1. The van der Waals surface area contributed by atoms with E-state index in [-0.39, 0.29) is 0 Å². The highest BCUT2D eigenvalue weighted by Crippen LogP contribution is 2.19. The van der Waals surface area contributed by atoms with Crippen LogP contribution in [0.25, 0.3) is 0 Å². The summed E-state index contributed by atoms with van der Waals surface area (Å²) in [6.07, 6.45) is 6.42. The fourth-order valence-corrected chi connectivity index (χ4v) is 2.18. The quantitative estimate of drug-likeness (QED) is 0.857. The van der Waals surface area contributed by atoms with Gasteiger partial charge in [0.1, 0.15) is 0 Å². The first kappa shape index (κ1) is 11.2. The lowest BCUT2D eigenvalue weighted by Gasteiger charge is -2.15. The molecule has 0 amide bonds. The molecule has 2 aromatic heterocycles. The molecule has 0 aliphatic heterocycles. The number of rotatable bonds is 5. The van der Waals surface area contributed by atoms with E-state index in [1.54, 1.807) is 0 Å².